The summed E-state index contributed by atoms with van der Waals surface area (Å²) in [6, 6.07) is 0. The molecule has 0 aliphatic heterocycles. The van der Waals surface area contributed by atoms with Crippen LogP contribution in [0.5, 0.6) is 0 Å². The van der Waals surface area contributed by atoms with Crippen molar-refractivity contribution in [1.82, 2.24) is 0 Å². The predicted molar refractivity (Wildman–Crippen MR) is 64.6 cm³/mol. The van der Waals surface area contributed by atoms with Crippen LogP contribution in [0.1, 0.15) is 84.0 Å². The normalized spacial score (nSPS) is 22.1. The van der Waals surface area contributed by atoms with Gasteiger partial charge in [0, 0.05) is 0 Å². The van der Waals surface area contributed by atoms with Crippen molar-refractivity contribution in [2.45, 2.75) is 84.0 Å². The van der Waals surface area contributed by atoms with Crippen molar-refractivity contribution in [1.29, 1.82) is 0 Å². The Kier molecular flexibility index (Phi) is 7.17. The zero-order chi connectivity index (χ0) is 10.1. The summed E-state index contributed by atoms with van der Waals surface area (Å²) >= 11 is 0. The van der Waals surface area contributed by atoms with Gasteiger partial charge in [0.05, 0.1) is 0 Å². The van der Waals surface area contributed by atoms with E-state index >= 15 is 0 Å². The molecule has 14 heavy (non-hydrogen) atoms. The summed E-state index contributed by atoms with van der Waals surface area (Å²) in [5.41, 5.74) is 0. The maximum Gasteiger partial charge on any atom is -0.0414 e. The molecule has 1 rings (SSSR count). The summed E-state index contributed by atoms with van der Waals surface area (Å²) in [6.45, 7) is 2.32. The van der Waals surface area contributed by atoms with Gasteiger partial charge < -0.3 is 0 Å². The minimum atomic E-state index is 1.08. The molecule has 0 atom stereocenters. The lowest BCUT2D eigenvalue weighted by atomic mass is 9.89. The average molecular weight is 196 g/mol. The molecule has 0 bridgehead atoms. The second kappa shape index (κ2) is 8.32. The Bertz CT molecular complexity index is 107. The van der Waals surface area contributed by atoms with Crippen LogP contribution in [0.4, 0.5) is 0 Å². The van der Waals surface area contributed by atoms with E-state index in [1.54, 1.807) is 0 Å². The molecule has 0 N–H and O–H groups in total. The Hall–Kier alpha value is 0. The second-order valence-electron chi connectivity index (χ2n) is 5.06. The Labute approximate surface area is 90.5 Å². The molecule has 0 saturated heterocycles. The molecule has 0 heterocycles. The summed E-state index contributed by atoms with van der Waals surface area (Å²) in [5, 5.41) is 0. The van der Waals surface area contributed by atoms with Crippen molar-refractivity contribution in [3.8, 4) is 0 Å². The zero-order valence-corrected chi connectivity index (χ0v) is 10.1. The van der Waals surface area contributed by atoms with Crippen LogP contribution >= 0.6 is 0 Å². The first-order valence-corrected chi connectivity index (χ1v) is 6.93. The maximum atomic E-state index is 2.32. The molecule has 1 fully saturated rings. The molecule has 0 spiro atoms. The van der Waals surface area contributed by atoms with Gasteiger partial charge in [-0.3, -0.25) is 0 Å². The maximum absolute atomic E-state index is 2.32. The third-order valence-corrected chi connectivity index (χ3v) is 3.69. The monoisotopic (exact) mass is 196 g/mol. The van der Waals surface area contributed by atoms with Crippen molar-refractivity contribution in [2.75, 3.05) is 0 Å². The van der Waals surface area contributed by atoms with Gasteiger partial charge in [-0.05, 0) is 5.92 Å². The van der Waals surface area contributed by atoms with Gasteiger partial charge in [-0.2, -0.15) is 0 Å². The highest BCUT2D eigenvalue weighted by atomic mass is 14.1. The van der Waals surface area contributed by atoms with Crippen molar-refractivity contribution < 1.29 is 0 Å². The van der Waals surface area contributed by atoms with E-state index in [4.69, 9.17) is 0 Å². The van der Waals surface area contributed by atoms with Crippen molar-refractivity contribution in [2.24, 2.45) is 5.92 Å². The average Bonchev–Trinajstić information content (AvgIpc) is 2.23. The summed E-state index contributed by atoms with van der Waals surface area (Å²) in [4.78, 5) is 0. The molecule has 0 aromatic carbocycles. The van der Waals surface area contributed by atoms with Gasteiger partial charge in [-0.15, -0.1) is 0 Å². The second-order valence-corrected chi connectivity index (χ2v) is 5.06. The van der Waals surface area contributed by atoms with E-state index in [1.807, 2.05) is 0 Å². The molecule has 1 saturated carbocycles. The van der Waals surface area contributed by atoms with Crippen LogP contribution in [0.15, 0.2) is 0 Å². The molecule has 0 heteroatoms. The van der Waals surface area contributed by atoms with E-state index in [0.29, 0.717) is 0 Å². The zero-order valence-electron chi connectivity index (χ0n) is 10.1. The lowest BCUT2D eigenvalue weighted by Gasteiger charge is -2.17. The number of unbranched alkanes of at least 4 members (excludes halogenated alkanes) is 1. The molecule has 0 nitrogen and oxygen atoms in total. The molecule has 0 aromatic rings. The van der Waals surface area contributed by atoms with Crippen LogP contribution in [0, 0.1) is 5.92 Å². The third-order valence-electron chi connectivity index (χ3n) is 3.69. The first-order chi connectivity index (χ1) is 6.93. The van der Waals surface area contributed by atoms with E-state index in [0.717, 1.165) is 5.92 Å². The predicted octanol–water partition coefficient (Wildman–Crippen LogP) is 5.32. The fourth-order valence-electron chi connectivity index (χ4n) is 2.68. The fraction of sp³-hybridized carbons (Fsp3) is 1.00. The SMILES string of the molecule is CCCCC1CCCCCCCCC1. The van der Waals surface area contributed by atoms with Crippen LogP contribution in [0.3, 0.4) is 0 Å². The standard InChI is InChI=1S/C14H28/c1-2-3-11-14-12-9-7-5-4-6-8-10-13-14/h14H,2-13H2,1H3. The van der Waals surface area contributed by atoms with Gasteiger partial charge in [0.1, 0.15) is 0 Å². The minimum absolute atomic E-state index is 1.08. The van der Waals surface area contributed by atoms with E-state index < -0.39 is 0 Å². The number of hydrogen-bond acceptors (Lipinski definition) is 0. The smallest absolute Gasteiger partial charge is 0.0414 e. The van der Waals surface area contributed by atoms with Gasteiger partial charge in [0.15, 0.2) is 0 Å². The summed E-state index contributed by atoms with van der Waals surface area (Å²) < 4.78 is 0. The van der Waals surface area contributed by atoms with Crippen LogP contribution in [0.25, 0.3) is 0 Å². The molecule has 0 unspecified atom stereocenters. The highest BCUT2D eigenvalue weighted by Gasteiger charge is 2.09. The first-order valence-electron chi connectivity index (χ1n) is 6.93. The van der Waals surface area contributed by atoms with E-state index in [1.165, 1.54) is 77.0 Å². The van der Waals surface area contributed by atoms with Gasteiger partial charge >= 0.3 is 0 Å². The molecular weight excluding hydrogens is 168 g/mol. The van der Waals surface area contributed by atoms with Crippen LogP contribution < -0.4 is 0 Å². The van der Waals surface area contributed by atoms with E-state index in [-0.39, 0.29) is 0 Å². The van der Waals surface area contributed by atoms with Crippen LogP contribution in [0.2, 0.25) is 0 Å². The van der Waals surface area contributed by atoms with Gasteiger partial charge in [0.2, 0.25) is 0 Å². The van der Waals surface area contributed by atoms with Crippen molar-refractivity contribution in [3.63, 3.8) is 0 Å². The topological polar surface area (TPSA) is 0 Å². The Morgan fingerprint density at radius 1 is 0.786 bits per heavy atom. The van der Waals surface area contributed by atoms with Crippen molar-refractivity contribution >= 4 is 0 Å². The quantitative estimate of drug-likeness (QED) is 0.573. The Morgan fingerprint density at radius 3 is 1.79 bits per heavy atom. The van der Waals surface area contributed by atoms with Gasteiger partial charge in [-0.1, -0.05) is 84.0 Å². The molecule has 0 radical (unpaired) electrons. The number of rotatable bonds is 3. The number of hydrogen-bond donors (Lipinski definition) is 0. The van der Waals surface area contributed by atoms with Crippen LogP contribution in [-0.4, -0.2) is 0 Å². The fourth-order valence-corrected chi connectivity index (χ4v) is 2.68. The highest BCUT2D eigenvalue weighted by Crippen LogP contribution is 2.25. The van der Waals surface area contributed by atoms with Crippen molar-refractivity contribution in [3.05, 3.63) is 0 Å². The molecular formula is C14H28. The minimum Gasteiger partial charge on any atom is -0.0654 e. The van der Waals surface area contributed by atoms with E-state index in [2.05, 4.69) is 6.92 Å². The Morgan fingerprint density at radius 2 is 1.29 bits per heavy atom. The lowest BCUT2D eigenvalue weighted by molar-refractivity contribution is 0.360. The first kappa shape index (κ1) is 12.1. The highest BCUT2D eigenvalue weighted by molar-refractivity contribution is 4.62. The summed E-state index contributed by atoms with van der Waals surface area (Å²) in [6.07, 6.45) is 17.9. The molecule has 1 aliphatic carbocycles. The largest absolute Gasteiger partial charge is 0.0654 e. The molecule has 0 amide bonds. The van der Waals surface area contributed by atoms with E-state index in [9.17, 15) is 0 Å². The molecule has 0 aromatic heterocycles. The van der Waals surface area contributed by atoms with Crippen LogP contribution in [-0.2, 0) is 0 Å². The summed E-state index contributed by atoms with van der Waals surface area (Å²) in [5.74, 6) is 1.08. The van der Waals surface area contributed by atoms with Gasteiger partial charge in [-0.25, -0.2) is 0 Å². The molecule has 1 aliphatic rings. The molecule has 84 valence electrons. The third kappa shape index (κ3) is 5.67. The lowest BCUT2D eigenvalue weighted by Crippen LogP contribution is -2.02. The summed E-state index contributed by atoms with van der Waals surface area (Å²) in [7, 11) is 0. The Balaban J connectivity index is 2.16. The van der Waals surface area contributed by atoms with Gasteiger partial charge in [0.25, 0.3) is 0 Å².